The second kappa shape index (κ2) is 7.05. The first-order valence-electron chi connectivity index (χ1n) is 6.92. The van der Waals surface area contributed by atoms with Crippen LogP contribution in [0.15, 0.2) is 0 Å². The minimum absolute atomic E-state index is 0.105. The van der Waals surface area contributed by atoms with Gasteiger partial charge in [-0.3, -0.25) is 4.79 Å². The molecule has 1 aliphatic rings. The molecule has 16 heavy (non-hydrogen) atoms. The first-order chi connectivity index (χ1) is 7.63. The van der Waals surface area contributed by atoms with Gasteiger partial charge in [-0.15, -0.1) is 0 Å². The van der Waals surface area contributed by atoms with Crippen molar-refractivity contribution in [2.24, 2.45) is 5.92 Å². The highest BCUT2D eigenvalue weighted by molar-refractivity contribution is 5.83. The van der Waals surface area contributed by atoms with Crippen LogP contribution in [-0.4, -0.2) is 17.9 Å². The van der Waals surface area contributed by atoms with E-state index in [4.69, 9.17) is 0 Å². The van der Waals surface area contributed by atoms with Crippen LogP contribution in [0.3, 0.4) is 0 Å². The van der Waals surface area contributed by atoms with E-state index in [1.807, 2.05) is 6.92 Å². The van der Waals surface area contributed by atoms with Crippen molar-refractivity contribution in [3.63, 3.8) is 0 Å². The van der Waals surface area contributed by atoms with Gasteiger partial charge in [-0.2, -0.15) is 0 Å². The van der Waals surface area contributed by atoms with Gasteiger partial charge in [-0.1, -0.05) is 52.9 Å². The van der Waals surface area contributed by atoms with Crippen LogP contribution < -0.4 is 5.32 Å². The number of ketones is 1. The normalized spacial score (nSPS) is 20.0. The van der Waals surface area contributed by atoms with Crippen LogP contribution >= 0.6 is 0 Å². The van der Waals surface area contributed by atoms with Gasteiger partial charge in [0.25, 0.3) is 0 Å². The molecule has 1 fully saturated rings. The van der Waals surface area contributed by atoms with Gasteiger partial charge in [0.2, 0.25) is 0 Å². The maximum atomic E-state index is 11.9. The van der Waals surface area contributed by atoms with Crippen molar-refractivity contribution in [2.45, 2.75) is 77.8 Å². The Morgan fingerprint density at radius 2 is 1.88 bits per heavy atom. The van der Waals surface area contributed by atoms with Crippen LogP contribution in [0.2, 0.25) is 0 Å². The lowest BCUT2D eigenvalue weighted by molar-refractivity contribution is -0.121. The third-order valence-corrected chi connectivity index (χ3v) is 3.57. The molecule has 0 spiro atoms. The lowest BCUT2D eigenvalue weighted by atomic mass is 9.83. The summed E-state index contributed by atoms with van der Waals surface area (Å²) < 4.78 is 0. The van der Waals surface area contributed by atoms with Crippen molar-refractivity contribution in [1.82, 2.24) is 5.32 Å². The summed E-state index contributed by atoms with van der Waals surface area (Å²) in [7, 11) is 0. The summed E-state index contributed by atoms with van der Waals surface area (Å²) in [5.74, 6) is 1.17. The maximum absolute atomic E-state index is 11.9. The molecular formula is C14H27NO. The van der Waals surface area contributed by atoms with Gasteiger partial charge >= 0.3 is 0 Å². The molecule has 0 bridgehead atoms. The van der Waals surface area contributed by atoms with Crippen molar-refractivity contribution in [3.8, 4) is 0 Å². The van der Waals surface area contributed by atoms with Crippen molar-refractivity contribution in [3.05, 3.63) is 0 Å². The molecule has 0 unspecified atom stereocenters. The van der Waals surface area contributed by atoms with Gasteiger partial charge in [-0.25, -0.2) is 0 Å². The Hall–Kier alpha value is -0.370. The summed E-state index contributed by atoms with van der Waals surface area (Å²) in [6, 6.07) is 0.511. The second-order valence-electron chi connectivity index (χ2n) is 5.43. The molecule has 1 atom stereocenters. The molecule has 0 aromatic rings. The van der Waals surface area contributed by atoms with Crippen molar-refractivity contribution in [2.75, 3.05) is 0 Å². The number of hydrogen-bond acceptors (Lipinski definition) is 2. The fourth-order valence-electron chi connectivity index (χ4n) is 2.70. The summed E-state index contributed by atoms with van der Waals surface area (Å²) in [6.45, 7) is 6.21. The van der Waals surface area contributed by atoms with Crippen LogP contribution in [0, 0.1) is 5.92 Å². The molecule has 0 aromatic heterocycles. The summed E-state index contributed by atoms with van der Waals surface area (Å²) in [5.41, 5.74) is 0. The molecular weight excluding hydrogens is 198 g/mol. The predicted octanol–water partition coefficient (Wildman–Crippen LogP) is 3.30. The van der Waals surface area contributed by atoms with Crippen LogP contribution in [0.4, 0.5) is 0 Å². The third-order valence-electron chi connectivity index (χ3n) is 3.57. The Morgan fingerprint density at radius 3 is 2.38 bits per heavy atom. The Morgan fingerprint density at radius 1 is 1.25 bits per heavy atom. The molecule has 0 aliphatic heterocycles. The van der Waals surface area contributed by atoms with Crippen molar-refractivity contribution in [1.29, 1.82) is 0 Å². The van der Waals surface area contributed by atoms with E-state index in [-0.39, 0.29) is 6.04 Å². The van der Waals surface area contributed by atoms with E-state index < -0.39 is 0 Å². The first-order valence-corrected chi connectivity index (χ1v) is 6.92. The fraction of sp³-hybridized carbons (Fsp3) is 0.929. The van der Waals surface area contributed by atoms with E-state index in [0.29, 0.717) is 18.2 Å². The number of carbonyl (C=O) groups is 1. The van der Waals surface area contributed by atoms with Gasteiger partial charge in [0, 0.05) is 12.5 Å². The summed E-state index contributed by atoms with van der Waals surface area (Å²) in [6.07, 6.45) is 8.49. The topological polar surface area (TPSA) is 29.1 Å². The number of rotatable bonds is 6. The summed E-state index contributed by atoms with van der Waals surface area (Å²) >= 11 is 0. The smallest absolute Gasteiger partial charge is 0.149 e. The van der Waals surface area contributed by atoms with E-state index >= 15 is 0 Å². The Labute approximate surface area is 100 Å². The molecule has 0 amide bonds. The number of Topliss-reactive ketones (excluding diaryl/α,β-unsaturated/α-hetero) is 1. The fourth-order valence-corrected chi connectivity index (χ4v) is 2.70. The Bertz CT molecular complexity index is 207. The number of hydrogen-bond donors (Lipinski definition) is 1. The first kappa shape index (κ1) is 13.7. The molecule has 0 heterocycles. The van der Waals surface area contributed by atoms with Crippen LogP contribution in [0.5, 0.6) is 0 Å². The molecule has 2 nitrogen and oxygen atoms in total. The number of nitrogens with one attached hydrogen (secondary N) is 1. The monoisotopic (exact) mass is 225 g/mol. The predicted molar refractivity (Wildman–Crippen MR) is 68.5 cm³/mol. The summed E-state index contributed by atoms with van der Waals surface area (Å²) in [5, 5.41) is 3.43. The van der Waals surface area contributed by atoms with Crippen molar-refractivity contribution >= 4 is 5.78 Å². The van der Waals surface area contributed by atoms with E-state index in [1.54, 1.807) is 0 Å². The largest absolute Gasteiger partial charge is 0.305 e. The van der Waals surface area contributed by atoms with E-state index in [1.165, 1.54) is 32.1 Å². The molecule has 1 aliphatic carbocycles. The quantitative estimate of drug-likeness (QED) is 0.751. The average molecular weight is 225 g/mol. The van der Waals surface area contributed by atoms with Crippen LogP contribution in [-0.2, 0) is 4.79 Å². The Balaban J connectivity index is 2.44. The van der Waals surface area contributed by atoms with Crippen molar-refractivity contribution < 1.29 is 4.79 Å². The SMILES string of the molecule is CCC(=O)[C@H](CC1CCCCC1)NC(C)C. The zero-order chi connectivity index (χ0) is 12.0. The molecule has 1 saturated carbocycles. The molecule has 2 heteroatoms. The molecule has 0 saturated heterocycles. The van der Waals surface area contributed by atoms with Gasteiger partial charge < -0.3 is 5.32 Å². The minimum atomic E-state index is 0.105. The average Bonchev–Trinajstić information content (AvgIpc) is 2.28. The highest BCUT2D eigenvalue weighted by atomic mass is 16.1. The van der Waals surface area contributed by atoms with E-state index in [9.17, 15) is 4.79 Å². The van der Waals surface area contributed by atoms with Gasteiger partial charge in [0.15, 0.2) is 0 Å². The standard InChI is InChI=1S/C14H27NO/c1-4-14(16)13(15-11(2)3)10-12-8-6-5-7-9-12/h11-13,15H,4-10H2,1-3H3/t13-/m0/s1. The molecule has 0 aromatic carbocycles. The second-order valence-corrected chi connectivity index (χ2v) is 5.43. The lowest BCUT2D eigenvalue weighted by Crippen LogP contribution is -2.42. The lowest BCUT2D eigenvalue weighted by Gasteiger charge is -2.27. The zero-order valence-electron chi connectivity index (χ0n) is 11.1. The van der Waals surface area contributed by atoms with Crippen LogP contribution in [0.1, 0.15) is 65.7 Å². The molecule has 1 N–H and O–H groups in total. The summed E-state index contributed by atoms with van der Waals surface area (Å²) in [4.78, 5) is 11.9. The highest BCUT2D eigenvalue weighted by Crippen LogP contribution is 2.27. The minimum Gasteiger partial charge on any atom is -0.305 e. The Kier molecular flexibility index (Phi) is 6.04. The zero-order valence-corrected chi connectivity index (χ0v) is 11.1. The van der Waals surface area contributed by atoms with Gasteiger partial charge in [0.05, 0.1) is 6.04 Å². The highest BCUT2D eigenvalue weighted by Gasteiger charge is 2.23. The molecule has 0 radical (unpaired) electrons. The van der Waals surface area contributed by atoms with E-state index in [0.717, 1.165) is 12.3 Å². The van der Waals surface area contributed by atoms with Gasteiger partial charge in [0.1, 0.15) is 5.78 Å². The van der Waals surface area contributed by atoms with Crippen LogP contribution in [0.25, 0.3) is 0 Å². The van der Waals surface area contributed by atoms with E-state index in [2.05, 4.69) is 19.2 Å². The molecule has 94 valence electrons. The van der Waals surface area contributed by atoms with Gasteiger partial charge in [-0.05, 0) is 12.3 Å². The third kappa shape index (κ3) is 4.65. The maximum Gasteiger partial charge on any atom is 0.149 e. The molecule has 1 rings (SSSR count). The number of carbonyl (C=O) groups excluding carboxylic acids is 1.